The molecule has 2 N–H and O–H groups in total. The number of hydrogen-bond donors (Lipinski definition) is 2. The molecule has 0 aromatic heterocycles. The number of para-hydroxylation sites is 2. The van der Waals surface area contributed by atoms with Crippen LogP contribution in [0.5, 0.6) is 0 Å². The van der Waals surface area contributed by atoms with E-state index < -0.39 is 6.04 Å². The number of amides is 3. The Bertz CT molecular complexity index is 1220. The Labute approximate surface area is 187 Å². The average molecular weight is 428 g/mol. The third-order valence-corrected chi connectivity index (χ3v) is 5.69. The number of nitrogens with one attached hydrogen (secondary N) is 2. The molecule has 0 saturated heterocycles. The van der Waals surface area contributed by atoms with E-state index in [1.165, 1.54) is 4.90 Å². The van der Waals surface area contributed by atoms with Gasteiger partial charge in [0.15, 0.2) is 0 Å². The van der Waals surface area contributed by atoms with Crippen LogP contribution in [0.1, 0.15) is 33.5 Å². The highest BCUT2D eigenvalue weighted by Crippen LogP contribution is 2.34. The highest BCUT2D eigenvalue weighted by Gasteiger charge is 2.38. The number of fused-ring (bicyclic) bond motifs is 1. The first-order chi connectivity index (χ1) is 15.3. The molecule has 162 valence electrons. The van der Waals surface area contributed by atoms with Gasteiger partial charge in [-0.3, -0.25) is 19.3 Å². The fourth-order valence-corrected chi connectivity index (χ4v) is 3.85. The van der Waals surface area contributed by atoms with Crippen molar-refractivity contribution in [1.29, 1.82) is 0 Å². The van der Waals surface area contributed by atoms with Gasteiger partial charge in [0.25, 0.3) is 5.91 Å². The van der Waals surface area contributed by atoms with Crippen LogP contribution in [0.3, 0.4) is 0 Å². The van der Waals surface area contributed by atoms with Crippen molar-refractivity contribution in [3.8, 4) is 0 Å². The van der Waals surface area contributed by atoms with Gasteiger partial charge in [-0.15, -0.1) is 0 Å². The smallest absolute Gasteiger partial charge is 0.259 e. The van der Waals surface area contributed by atoms with Gasteiger partial charge in [-0.25, -0.2) is 0 Å². The summed E-state index contributed by atoms with van der Waals surface area (Å²) in [6, 6.07) is 19.0. The van der Waals surface area contributed by atoms with E-state index >= 15 is 0 Å². The van der Waals surface area contributed by atoms with Crippen LogP contribution < -0.4 is 15.5 Å². The lowest BCUT2D eigenvalue weighted by Gasteiger charge is -2.36. The van der Waals surface area contributed by atoms with E-state index in [0.29, 0.717) is 22.6 Å². The van der Waals surface area contributed by atoms with Gasteiger partial charge in [-0.1, -0.05) is 35.9 Å². The molecule has 1 heterocycles. The van der Waals surface area contributed by atoms with Crippen molar-refractivity contribution in [3.63, 3.8) is 0 Å². The third-order valence-electron chi connectivity index (χ3n) is 5.69. The standard InChI is InChI=1S/C26H25N3O3/c1-16-7-6-8-19(13-16)26(32)29-22-10-5-4-9-21(22)28-25(31)23(29)15-24(30)27-20-12-11-17(2)18(3)14-20/h4-14,23H,15H2,1-3H3,(H,27,30)(H,28,31)/t23-/m0/s1. The zero-order chi connectivity index (χ0) is 22.8. The number of carbonyl (C=O) groups excluding carboxylic acids is 3. The van der Waals surface area contributed by atoms with Gasteiger partial charge in [-0.2, -0.15) is 0 Å². The van der Waals surface area contributed by atoms with Crippen molar-refractivity contribution in [3.05, 3.63) is 89.0 Å². The average Bonchev–Trinajstić information content (AvgIpc) is 2.76. The van der Waals surface area contributed by atoms with Gasteiger partial charge < -0.3 is 10.6 Å². The summed E-state index contributed by atoms with van der Waals surface area (Å²) in [5.41, 5.74) is 5.37. The van der Waals surface area contributed by atoms with Crippen LogP contribution in [0.15, 0.2) is 66.7 Å². The molecule has 1 aliphatic heterocycles. The highest BCUT2D eigenvalue weighted by atomic mass is 16.2. The third kappa shape index (κ3) is 4.25. The summed E-state index contributed by atoms with van der Waals surface area (Å²) in [4.78, 5) is 40.8. The van der Waals surface area contributed by atoms with Gasteiger partial charge in [-0.05, 0) is 68.3 Å². The molecule has 0 bridgehead atoms. The van der Waals surface area contributed by atoms with Gasteiger partial charge in [0, 0.05) is 11.3 Å². The molecule has 0 unspecified atom stereocenters. The summed E-state index contributed by atoms with van der Waals surface area (Å²) >= 11 is 0. The molecule has 0 fully saturated rings. The zero-order valence-corrected chi connectivity index (χ0v) is 18.3. The molecule has 6 heteroatoms. The molecule has 32 heavy (non-hydrogen) atoms. The van der Waals surface area contributed by atoms with Crippen LogP contribution in [-0.4, -0.2) is 23.8 Å². The van der Waals surface area contributed by atoms with Gasteiger partial charge in [0.1, 0.15) is 6.04 Å². The number of rotatable bonds is 4. The largest absolute Gasteiger partial charge is 0.326 e. The molecular formula is C26H25N3O3. The van der Waals surface area contributed by atoms with E-state index in [1.54, 1.807) is 42.5 Å². The SMILES string of the molecule is Cc1cccc(C(=O)N2c3ccccc3NC(=O)[C@@H]2CC(=O)Nc2ccc(C)c(C)c2)c1. The number of nitrogens with zero attached hydrogens (tertiary/aromatic N) is 1. The van der Waals surface area contributed by atoms with E-state index in [0.717, 1.165) is 16.7 Å². The molecule has 4 rings (SSSR count). The first-order valence-corrected chi connectivity index (χ1v) is 10.5. The Morgan fingerprint density at radius 3 is 2.47 bits per heavy atom. The quantitative estimate of drug-likeness (QED) is 0.638. The van der Waals surface area contributed by atoms with Crippen LogP contribution in [-0.2, 0) is 9.59 Å². The summed E-state index contributed by atoms with van der Waals surface area (Å²) < 4.78 is 0. The zero-order valence-electron chi connectivity index (χ0n) is 18.3. The Balaban J connectivity index is 1.65. The monoisotopic (exact) mass is 427 g/mol. The van der Waals surface area contributed by atoms with Crippen LogP contribution in [0, 0.1) is 20.8 Å². The summed E-state index contributed by atoms with van der Waals surface area (Å²) in [6.45, 7) is 5.88. The number of hydrogen-bond acceptors (Lipinski definition) is 3. The fourth-order valence-electron chi connectivity index (χ4n) is 3.85. The molecular weight excluding hydrogens is 402 g/mol. The normalized spacial score (nSPS) is 15.0. The predicted octanol–water partition coefficient (Wildman–Crippen LogP) is 4.61. The van der Waals surface area contributed by atoms with Crippen molar-refractivity contribution in [2.24, 2.45) is 0 Å². The van der Waals surface area contributed by atoms with Crippen LogP contribution in [0.4, 0.5) is 17.1 Å². The van der Waals surface area contributed by atoms with Gasteiger partial charge in [0.2, 0.25) is 11.8 Å². The minimum absolute atomic E-state index is 0.162. The summed E-state index contributed by atoms with van der Waals surface area (Å²) in [5.74, 6) is -1.05. The Morgan fingerprint density at radius 2 is 1.72 bits per heavy atom. The predicted molar refractivity (Wildman–Crippen MR) is 126 cm³/mol. The van der Waals surface area contributed by atoms with Gasteiger partial charge in [0.05, 0.1) is 17.8 Å². The minimum atomic E-state index is -0.968. The topological polar surface area (TPSA) is 78.5 Å². The Morgan fingerprint density at radius 1 is 0.938 bits per heavy atom. The molecule has 6 nitrogen and oxygen atoms in total. The Kier molecular flexibility index (Phi) is 5.77. The molecule has 3 aromatic rings. The molecule has 0 radical (unpaired) electrons. The lowest BCUT2D eigenvalue weighted by atomic mass is 10.0. The molecule has 3 amide bonds. The van der Waals surface area contributed by atoms with Crippen LogP contribution in [0.2, 0.25) is 0 Å². The second-order valence-electron chi connectivity index (χ2n) is 8.12. The number of aryl methyl sites for hydroxylation is 3. The van der Waals surface area contributed by atoms with E-state index in [2.05, 4.69) is 10.6 Å². The first kappa shape index (κ1) is 21.3. The first-order valence-electron chi connectivity index (χ1n) is 10.5. The lowest BCUT2D eigenvalue weighted by molar-refractivity contribution is -0.122. The molecule has 3 aromatic carbocycles. The van der Waals surface area contributed by atoms with E-state index in [9.17, 15) is 14.4 Å². The second kappa shape index (κ2) is 8.67. The van der Waals surface area contributed by atoms with Crippen LogP contribution >= 0.6 is 0 Å². The molecule has 1 aliphatic rings. The number of carbonyl (C=O) groups is 3. The van der Waals surface area contributed by atoms with Crippen molar-refractivity contribution in [2.45, 2.75) is 33.2 Å². The minimum Gasteiger partial charge on any atom is -0.326 e. The van der Waals surface area contributed by atoms with Crippen molar-refractivity contribution < 1.29 is 14.4 Å². The van der Waals surface area contributed by atoms with Crippen molar-refractivity contribution >= 4 is 34.8 Å². The number of anilines is 3. The highest BCUT2D eigenvalue weighted by molar-refractivity contribution is 6.17. The molecule has 0 aliphatic carbocycles. The summed E-state index contributed by atoms with van der Waals surface area (Å²) in [5, 5.41) is 5.68. The fraction of sp³-hybridized carbons (Fsp3) is 0.192. The van der Waals surface area contributed by atoms with E-state index in [-0.39, 0.29) is 24.1 Å². The maximum Gasteiger partial charge on any atom is 0.259 e. The Hall–Kier alpha value is -3.93. The maximum atomic E-state index is 13.5. The summed E-state index contributed by atoms with van der Waals surface area (Å²) in [7, 11) is 0. The van der Waals surface area contributed by atoms with Gasteiger partial charge >= 0.3 is 0 Å². The van der Waals surface area contributed by atoms with E-state index in [1.807, 2.05) is 45.0 Å². The molecule has 0 saturated carbocycles. The van der Waals surface area contributed by atoms with Crippen molar-refractivity contribution in [1.82, 2.24) is 0 Å². The number of benzene rings is 3. The lowest BCUT2D eigenvalue weighted by Crippen LogP contribution is -2.52. The summed E-state index contributed by atoms with van der Waals surface area (Å²) in [6.07, 6.45) is -0.162. The molecule has 0 spiro atoms. The van der Waals surface area contributed by atoms with E-state index in [4.69, 9.17) is 0 Å². The maximum absolute atomic E-state index is 13.5. The second-order valence-corrected chi connectivity index (χ2v) is 8.12. The molecule has 1 atom stereocenters. The van der Waals surface area contributed by atoms with Crippen LogP contribution in [0.25, 0.3) is 0 Å². The van der Waals surface area contributed by atoms with Crippen molar-refractivity contribution in [2.75, 3.05) is 15.5 Å².